The van der Waals surface area contributed by atoms with Crippen molar-refractivity contribution in [1.29, 1.82) is 0 Å². The van der Waals surface area contributed by atoms with Crippen LogP contribution in [-0.2, 0) is 18.6 Å². The average Bonchev–Trinajstić information content (AvgIpc) is 3.03. The van der Waals surface area contributed by atoms with Crippen LogP contribution in [0.25, 0.3) is 21.8 Å². The molecule has 2 aromatic carbocycles. The van der Waals surface area contributed by atoms with E-state index < -0.39 is 0 Å². The standard InChI is InChI=1S/C21H18N2S/c1-2-6-14(7-3-1)12-19-21-20(15-8-4-5-9-17(15)23-21)16-13-24-11-10-18(16)22-19/h1-9,23H,10-13H2. The maximum absolute atomic E-state index is 5.09. The van der Waals surface area contributed by atoms with E-state index in [0.29, 0.717) is 0 Å². The summed E-state index contributed by atoms with van der Waals surface area (Å²) >= 11 is 2.02. The van der Waals surface area contributed by atoms with E-state index in [1.54, 1.807) is 0 Å². The summed E-state index contributed by atoms with van der Waals surface area (Å²) in [6, 6.07) is 19.3. The minimum atomic E-state index is 0.880. The summed E-state index contributed by atoms with van der Waals surface area (Å²) in [6.07, 6.45) is 1.96. The number of aromatic nitrogens is 2. The molecule has 0 saturated heterocycles. The Morgan fingerprint density at radius 2 is 1.83 bits per heavy atom. The number of benzene rings is 2. The quantitative estimate of drug-likeness (QED) is 0.554. The lowest BCUT2D eigenvalue weighted by molar-refractivity contribution is 0.957. The van der Waals surface area contributed by atoms with Crippen molar-refractivity contribution in [3.8, 4) is 0 Å². The van der Waals surface area contributed by atoms with Gasteiger partial charge in [-0.1, -0.05) is 48.5 Å². The smallest absolute Gasteiger partial charge is 0.0691 e. The molecule has 5 rings (SSSR count). The number of pyridine rings is 1. The molecule has 0 radical (unpaired) electrons. The Balaban J connectivity index is 1.80. The van der Waals surface area contributed by atoms with E-state index in [4.69, 9.17) is 4.98 Å². The number of thioether (sulfide) groups is 1. The predicted octanol–water partition coefficient (Wildman–Crippen LogP) is 5.10. The first kappa shape index (κ1) is 14.1. The number of nitrogens with one attached hydrogen (secondary N) is 1. The normalized spacial score (nSPS) is 14.2. The van der Waals surface area contributed by atoms with Crippen LogP contribution in [0.15, 0.2) is 54.6 Å². The fourth-order valence-corrected chi connectivity index (χ4v) is 4.72. The van der Waals surface area contributed by atoms with Crippen LogP contribution in [0.4, 0.5) is 0 Å². The summed E-state index contributed by atoms with van der Waals surface area (Å²) in [5, 5.41) is 2.73. The zero-order chi connectivity index (χ0) is 15.9. The molecular formula is C21H18N2S. The summed E-state index contributed by atoms with van der Waals surface area (Å²) in [6.45, 7) is 0. The predicted molar refractivity (Wildman–Crippen MR) is 103 cm³/mol. The summed E-state index contributed by atoms with van der Waals surface area (Å²) < 4.78 is 0. The molecule has 3 heteroatoms. The van der Waals surface area contributed by atoms with Crippen molar-refractivity contribution in [2.45, 2.75) is 18.6 Å². The lowest BCUT2D eigenvalue weighted by Gasteiger charge is -2.18. The Hall–Kier alpha value is -2.26. The number of hydrogen-bond donors (Lipinski definition) is 1. The van der Waals surface area contributed by atoms with Crippen LogP contribution in [0, 0.1) is 0 Å². The molecule has 0 spiro atoms. The number of aromatic amines is 1. The molecule has 0 aliphatic carbocycles. The van der Waals surface area contributed by atoms with Crippen LogP contribution in [0.1, 0.15) is 22.5 Å². The third-order valence-corrected chi connectivity index (χ3v) is 5.84. The molecule has 0 atom stereocenters. The second kappa shape index (κ2) is 5.67. The third kappa shape index (κ3) is 2.23. The molecule has 4 aromatic rings. The van der Waals surface area contributed by atoms with Gasteiger partial charge in [-0.2, -0.15) is 11.8 Å². The van der Waals surface area contributed by atoms with Gasteiger partial charge in [-0.15, -0.1) is 0 Å². The number of hydrogen-bond acceptors (Lipinski definition) is 2. The first-order valence-electron chi connectivity index (χ1n) is 8.43. The third-order valence-electron chi connectivity index (χ3n) is 4.86. The fraction of sp³-hybridized carbons (Fsp3) is 0.190. The lowest BCUT2D eigenvalue weighted by Crippen LogP contribution is -2.08. The van der Waals surface area contributed by atoms with Crippen molar-refractivity contribution < 1.29 is 0 Å². The molecule has 0 bridgehead atoms. The molecule has 118 valence electrons. The molecule has 1 aliphatic rings. The van der Waals surface area contributed by atoms with Gasteiger partial charge in [-0.25, -0.2) is 0 Å². The van der Waals surface area contributed by atoms with Crippen LogP contribution in [0.3, 0.4) is 0 Å². The van der Waals surface area contributed by atoms with Gasteiger partial charge in [0.25, 0.3) is 0 Å². The molecule has 2 nitrogen and oxygen atoms in total. The Morgan fingerprint density at radius 3 is 2.75 bits per heavy atom. The van der Waals surface area contributed by atoms with Gasteiger partial charge in [0.05, 0.1) is 11.2 Å². The second-order valence-corrected chi connectivity index (χ2v) is 7.47. The molecule has 1 aliphatic heterocycles. The van der Waals surface area contributed by atoms with Gasteiger partial charge < -0.3 is 4.98 Å². The van der Waals surface area contributed by atoms with Gasteiger partial charge in [0, 0.05) is 34.2 Å². The maximum atomic E-state index is 5.09. The second-order valence-electron chi connectivity index (χ2n) is 6.37. The van der Waals surface area contributed by atoms with Crippen LogP contribution in [-0.4, -0.2) is 15.7 Å². The van der Waals surface area contributed by atoms with Gasteiger partial charge in [-0.3, -0.25) is 4.98 Å². The van der Waals surface area contributed by atoms with Crippen molar-refractivity contribution >= 4 is 33.6 Å². The highest BCUT2D eigenvalue weighted by Gasteiger charge is 2.20. The van der Waals surface area contributed by atoms with Crippen LogP contribution in [0.5, 0.6) is 0 Å². The molecule has 0 fully saturated rings. The lowest BCUT2D eigenvalue weighted by atomic mass is 10.0. The number of nitrogens with zero attached hydrogens (tertiary/aromatic N) is 1. The Labute approximate surface area is 145 Å². The van der Waals surface area contributed by atoms with E-state index >= 15 is 0 Å². The van der Waals surface area contributed by atoms with Crippen molar-refractivity contribution in [2.24, 2.45) is 0 Å². The first-order valence-corrected chi connectivity index (χ1v) is 9.58. The van der Waals surface area contributed by atoms with Crippen LogP contribution in [0.2, 0.25) is 0 Å². The molecule has 2 aromatic heterocycles. The number of rotatable bonds is 2. The van der Waals surface area contributed by atoms with E-state index in [-0.39, 0.29) is 0 Å². The SMILES string of the molecule is c1ccc(Cc2nc3c(c4c2[nH]c2ccccc24)CSCC3)cc1. The highest BCUT2D eigenvalue weighted by atomic mass is 32.2. The van der Waals surface area contributed by atoms with E-state index in [0.717, 1.165) is 18.6 Å². The largest absolute Gasteiger partial charge is 0.353 e. The number of H-pyrrole nitrogens is 1. The molecular weight excluding hydrogens is 312 g/mol. The van der Waals surface area contributed by atoms with Gasteiger partial charge in [-0.05, 0) is 29.4 Å². The molecule has 3 heterocycles. The average molecular weight is 330 g/mol. The molecule has 0 amide bonds. The highest BCUT2D eigenvalue weighted by molar-refractivity contribution is 7.98. The van der Waals surface area contributed by atoms with Crippen LogP contribution >= 0.6 is 11.8 Å². The van der Waals surface area contributed by atoms with Crippen molar-refractivity contribution in [3.05, 3.63) is 77.1 Å². The van der Waals surface area contributed by atoms with E-state index in [9.17, 15) is 0 Å². The Morgan fingerprint density at radius 1 is 1.00 bits per heavy atom. The fourth-order valence-electron chi connectivity index (χ4n) is 3.72. The van der Waals surface area contributed by atoms with Crippen molar-refractivity contribution in [2.75, 3.05) is 5.75 Å². The van der Waals surface area contributed by atoms with Gasteiger partial charge in [0.15, 0.2) is 0 Å². The molecule has 0 saturated carbocycles. The number of fused-ring (bicyclic) bond motifs is 5. The van der Waals surface area contributed by atoms with Gasteiger partial charge >= 0.3 is 0 Å². The minimum absolute atomic E-state index is 0.880. The van der Waals surface area contributed by atoms with Gasteiger partial charge in [0.1, 0.15) is 0 Å². The summed E-state index contributed by atoms with van der Waals surface area (Å²) in [5.41, 5.74) is 7.68. The number of aryl methyl sites for hydroxylation is 1. The minimum Gasteiger partial charge on any atom is -0.353 e. The van der Waals surface area contributed by atoms with Gasteiger partial charge in [0.2, 0.25) is 0 Å². The molecule has 1 N–H and O–H groups in total. The monoisotopic (exact) mass is 330 g/mol. The van der Waals surface area contributed by atoms with Crippen molar-refractivity contribution in [3.63, 3.8) is 0 Å². The van der Waals surface area contributed by atoms with Crippen LogP contribution < -0.4 is 0 Å². The summed E-state index contributed by atoms with van der Waals surface area (Å²) in [4.78, 5) is 8.73. The van der Waals surface area contributed by atoms with E-state index in [1.165, 1.54) is 50.1 Å². The zero-order valence-electron chi connectivity index (χ0n) is 13.4. The number of para-hydroxylation sites is 1. The topological polar surface area (TPSA) is 28.7 Å². The Kier molecular flexibility index (Phi) is 3.34. The van der Waals surface area contributed by atoms with E-state index in [1.807, 2.05) is 11.8 Å². The van der Waals surface area contributed by atoms with E-state index in [2.05, 4.69) is 59.6 Å². The Bertz CT molecular complexity index is 1030. The highest BCUT2D eigenvalue weighted by Crippen LogP contribution is 2.36. The zero-order valence-corrected chi connectivity index (χ0v) is 14.2. The molecule has 0 unspecified atom stereocenters. The van der Waals surface area contributed by atoms with Crippen molar-refractivity contribution in [1.82, 2.24) is 9.97 Å². The molecule has 24 heavy (non-hydrogen) atoms. The summed E-state index contributed by atoms with van der Waals surface area (Å²) in [7, 11) is 0. The maximum Gasteiger partial charge on any atom is 0.0691 e. The summed E-state index contributed by atoms with van der Waals surface area (Å²) in [5.74, 6) is 2.25. The first-order chi connectivity index (χ1) is 11.9.